The highest BCUT2D eigenvalue weighted by atomic mass is 79.9. The van der Waals surface area contributed by atoms with Crippen LogP contribution < -0.4 is 10.1 Å². The van der Waals surface area contributed by atoms with Gasteiger partial charge in [0.2, 0.25) is 0 Å². The lowest BCUT2D eigenvalue weighted by atomic mass is 10.1. The van der Waals surface area contributed by atoms with E-state index in [9.17, 15) is 4.79 Å². The monoisotopic (exact) mass is 416 g/mol. The van der Waals surface area contributed by atoms with Crippen LogP contribution in [0.3, 0.4) is 0 Å². The number of para-hydroxylation sites is 1. The molecule has 1 N–H and O–H groups in total. The van der Waals surface area contributed by atoms with Crippen molar-refractivity contribution in [1.29, 1.82) is 0 Å². The molecule has 0 aliphatic heterocycles. The van der Waals surface area contributed by atoms with Crippen LogP contribution in [0.25, 0.3) is 11.3 Å². The van der Waals surface area contributed by atoms with Gasteiger partial charge >= 0.3 is 0 Å². The van der Waals surface area contributed by atoms with Gasteiger partial charge in [0.05, 0.1) is 5.69 Å². The summed E-state index contributed by atoms with van der Waals surface area (Å²) in [5, 5.41) is 3.42. The molecule has 6 heteroatoms. The molecule has 3 aromatic rings. The van der Waals surface area contributed by atoms with Crippen molar-refractivity contribution >= 4 is 38.3 Å². The van der Waals surface area contributed by atoms with Crippen LogP contribution in [0.4, 0.5) is 5.13 Å². The zero-order chi connectivity index (χ0) is 17.6. The number of anilines is 1. The van der Waals surface area contributed by atoms with Gasteiger partial charge in [0.25, 0.3) is 5.91 Å². The second kappa shape index (κ2) is 8.27. The quantitative estimate of drug-likeness (QED) is 0.603. The zero-order valence-corrected chi connectivity index (χ0v) is 16.1. The van der Waals surface area contributed by atoms with E-state index in [0.29, 0.717) is 10.9 Å². The van der Waals surface area contributed by atoms with Gasteiger partial charge in [0, 0.05) is 14.9 Å². The maximum Gasteiger partial charge on any atom is 0.264 e. The van der Waals surface area contributed by atoms with Gasteiger partial charge in [0.15, 0.2) is 11.7 Å². The number of hydrogen-bond acceptors (Lipinski definition) is 4. The van der Waals surface area contributed by atoms with Gasteiger partial charge in [-0.25, -0.2) is 4.98 Å². The Balaban J connectivity index is 1.68. The number of nitrogens with one attached hydrogen (secondary N) is 1. The lowest BCUT2D eigenvalue weighted by Crippen LogP contribution is -2.20. The van der Waals surface area contributed by atoms with Gasteiger partial charge in [-0.05, 0) is 30.7 Å². The predicted octanol–water partition coefficient (Wildman–Crippen LogP) is 5.15. The Morgan fingerprint density at radius 2 is 1.88 bits per heavy atom. The summed E-state index contributed by atoms with van der Waals surface area (Å²) in [6, 6.07) is 17.3. The van der Waals surface area contributed by atoms with E-state index in [1.165, 1.54) is 11.3 Å². The third-order valence-electron chi connectivity index (χ3n) is 3.50. The van der Waals surface area contributed by atoms with Crippen LogP contribution >= 0.6 is 27.3 Å². The topological polar surface area (TPSA) is 51.2 Å². The largest absolute Gasteiger partial charge is 0.484 e. The molecule has 128 valence electrons. The minimum Gasteiger partial charge on any atom is -0.484 e. The maximum atomic E-state index is 12.1. The Labute approximate surface area is 159 Å². The van der Waals surface area contributed by atoms with Crippen molar-refractivity contribution in [2.45, 2.75) is 13.3 Å². The Morgan fingerprint density at radius 3 is 2.56 bits per heavy atom. The highest BCUT2D eigenvalue weighted by molar-refractivity contribution is 9.10. The SMILES string of the molecule is CCc1sc(NC(=O)COc2ccccc2)nc1-c1ccc(Br)cc1. The average Bonchev–Trinajstić information content (AvgIpc) is 3.04. The van der Waals surface area contributed by atoms with Crippen LogP contribution in [-0.2, 0) is 11.2 Å². The zero-order valence-electron chi connectivity index (χ0n) is 13.7. The number of thiazole rings is 1. The van der Waals surface area contributed by atoms with Gasteiger partial charge in [-0.15, -0.1) is 11.3 Å². The lowest BCUT2D eigenvalue weighted by molar-refractivity contribution is -0.118. The molecule has 0 atom stereocenters. The number of halogens is 1. The number of amides is 1. The molecule has 1 amide bonds. The minimum absolute atomic E-state index is 0.0430. The van der Waals surface area contributed by atoms with Crippen molar-refractivity contribution in [2.75, 3.05) is 11.9 Å². The van der Waals surface area contributed by atoms with Gasteiger partial charge in [-0.2, -0.15) is 0 Å². The molecule has 1 aromatic heterocycles. The highest BCUT2D eigenvalue weighted by Crippen LogP contribution is 2.32. The first-order chi connectivity index (χ1) is 12.2. The summed E-state index contributed by atoms with van der Waals surface area (Å²) in [5.74, 6) is 0.448. The smallest absolute Gasteiger partial charge is 0.264 e. The maximum absolute atomic E-state index is 12.1. The molecule has 3 rings (SSSR count). The normalized spacial score (nSPS) is 10.5. The molecule has 0 aliphatic carbocycles. The molecule has 0 aliphatic rings. The van der Waals surface area contributed by atoms with Crippen LogP contribution in [0.5, 0.6) is 5.75 Å². The number of benzene rings is 2. The van der Waals surface area contributed by atoms with Crippen LogP contribution in [0, 0.1) is 0 Å². The van der Waals surface area contributed by atoms with Crippen LogP contribution in [-0.4, -0.2) is 17.5 Å². The average molecular weight is 417 g/mol. The van der Waals surface area contributed by atoms with Crippen molar-refractivity contribution in [2.24, 2.45) is 0 Å². The third kappa shape index (κ3) is 4.67. The molecular weight excluding hydrogens is 400 g/mol. The number of aryl methyl sites for hydroxylation is 1. The molecule has 0 radical (unpaired) electrons. The fourth-order valence-corrected chi connectivity index (χ4v) is 3.50. The molecular formula is C19H17BrN2O2S. The van der Waals surface area contributed by atoms with E-state index in [1.807, 2.05) is 54.6 Å². The molecule has 0 saturated heterocycles. The number of hydrogen-bond donors (Lipinski definition) is 1. The van der Waals surface area contributed by atoms with Crippen LogP contribution in [0.2, 0.25) is 0 Å². The van der Waals surface area contributed by atoms with Crippen LogP contribution in [0.15, 0.2) is 59.1 Å². The predicted molar refractivity (Wildman–Crippen MR) is 105 cm³/mol. The standard InChI is InChI=1S/C19H17BrN2O2S/c1-2-16-18(13-8-10-14(20)11-9-13)22-19(25-16)21-17(23)12-24-15-6-4-3-5-7-15/h3-11H,2,12H2,1H3,(H,21,22,23). The van der Waals surface area contributed by atoms with Gasteiger partial charge in [-0.1, -0.05) is 53.2 Å². The summed E-state index contributed by atoms with van der Waals surface area (Å²) in [6.45, 7) is 2.04. The van der Waals surface area contributed by atoms with E-state index in [1.54, 1.807) is 0 Å². The summed E-state index contributed by atoms with van der Waals surface area (Å²) in [6.07, 6.45) is 0.861. The summed E-state index contributed by atoms with van der Waals surface area (Å²) >= 11 is 4.94. The van der Waals surface area contributed by atoms with E-state index in [0.717, 1.165) is 27.0 Å². The van der Waals surface area contributed by atoms with Crippen molar-refractivity contribution < 1.29 is 9.53 Å². The van der Waals surface area contributed by atoms with Crippen molar-refractivity contribution in [3.63, 3.8) is 0 Å². The van der Waals surface area contributed by atoms with Crippen molar-refractivity contribution in [3.05, 3.63) is 63.9 Å². The van der Waals surface area contributed by atoms with E-state index in [4.69, 9.17) is 4.74 Å². The Kier molecular flexibility index (Phi) is 5.83. The molecule has 0 spiro atoms. The first-order valence-corrected chi connectivity index (χ1v) is 9.50. The molecule has 0 saturated carbocycles. The third-order valence-corrected chi connectivity index (χ3v) is 5.14. The van der Waals surface area contributed by atoms with Crippen LogP contribution in [0.1, 0.15) is 11.8 Å². The second-order valence-corrected chi connectivity index (χ2v) is 7.30. The molecule has 4 nitrogen and oxygen atoms in total. The Hall–Kier alpha value is -2.18. The Bertz CT molecular complexity index is 848. The second-order valence-electron chi connectivity index (χ2n) is 5.30. The Morgan fingerprint density at radius 1 is 1.16 bits per heavy atom. The van der Waals surface area contributed by atoms with E-state index in [-0.39, 0.29) is 12.5 Å². The highest BCUT2D eigenvalue weighted by Gasteiger charge is 2.14. The van der Waals surface area contributed by atoms with Crippen molar-refractivity contribution in [3.8, 4) is 17.0 Å². The summed E-state index contributed by atoms with van der Waals surface area (Å²) in [7, 11) is 0. The first kappa shape index (κ1) is 17.6. The number of carbonyl (C=O) groups is 1. The van der Waals surface area contributed by atoms with E-state index < -0.39 is 0 Å². The van der Waals surface area contributed by atoms with Gasteiger partial charge < -0.3 is 4.74 Å². The fraction of sp³-hybridized carbons (Fsp3) is 0.158. The molecule has 0 fully saturated rings. The van der Waals surface area contributed by atoms with Gasteiger partial charge in [-0.3, -0.25) is 10.1 Å². The fourth-order valence-electron chi connectivity index (χ4n) is 2.30. The number of nitrogens with zero attached hydrogens (tertiary/aromatic N) is 1. The lowest BCUT2D eigenvalue weighted by Gasteiger charge is -2.05. The molecule has 25 heavy (non-hydrogen) atoms. The molecule has 2 aromatic carbocycles. The number of rotatable bonds is 6. The molecule has 1 heterocycles. The number of ether oxygens (including phenoxy) is 1. The van der Waals surface area contributed by atoms with E-state index in [2.05, 4.69) is 33.2 Å². The van der Waals surface area contributed by atoms with Crippen molar-refractivity contribution in [1.82, 2.24) is 4.98 Å². The molecule has 0 unspecified atom stereocenters. The molecule has 0 bridgehead atoms. The first-order valence-electron chi connectivity index (χ1n) is 7.89. The number of carbonyl (C=O) groups excluding carboxylic acids is 1. The van der Waals surface area contributed by atoms with Gasteiger partial charge in [0.1, 0.15) is 5.75 Å². The summed E-state index contributed by atoms with van der Waals surface area (Å²) < 4.78 is 6.48. The number of aromatic nitrogens is 1. The van der Waals surface area contributed by atoms with E-state index >= 15 is 0 Å². The summed E-state index contributed by atoms with van der Waals surface area (Å²) in [4.78, 5) is 17.8. The summed E-state index contributed by atoms with van der Waals surface area (Å²) in [5.41, 5.74) is 1.96. The minimum atomic E-state index is -0.220.